The van der Waals surface area contributed by atoms with Gasteiger partial charge in [-0.05, 0) is 36.4 Å². The Kier molecular flexibility index (Phi) is 4.81. The van der Waals surface area contributed by atoms with E-state index in [0.717, 1.165) is 5.56 Å². The maximum Gasteiger partial charge on any atom is 0.251 e. The van der Waals surface area contributed by atoms with E-state index in [1.165, 1.54) is 0 Å². The standard InChI is InChI=1S/C16H13ClN2O2/c1-21-15-4-2-3-14(17)13(15)10-19-16(20)12-7-5-11(9-18)6-8-12/h2-8H,10H2,1H3,(H,19,20). The quantitative estimate of drug-likeness (QED) is 0.943. The summed E-state index contributed by atoms with van der Waals surface area (Å²) in [5.41, 5.74) is 1.73. The Bertz CT molecular complexity index is 690. The Hall–Kier alpha value is -2.51. The minimum absolute atomic E-state index is 0.235. The first kappa shape index (κ1) is 14.9. The predicted molar refractivity (Wildman–Crippen MR) is 80.3 cm³/mol. The second-order valence-electron chi connectivity index (χ2n) is 4.29. The zero-order valence-electron chi connectivity index (χ0n) is 11.4. The van der Waals surface area contributed by atoms with Crippen LogP contribution in [0.25, 0.3) is 0 Å². The van der Waals surface area contributed by atoms with Gasteiger partial charge in [0, 0.05) is 22.7 Å². The fourth-order valence-corrected chi connectivity index (χ4v) is 2.10. The first-order valence-electron chi connectivity index (χ1n) is 6.25. The Balaban J connectivity index is 2.09. The third kappa shape index (κ3) is 3.53. The van der Waals surface area contributed by atoms with Crippen molar-refractivity contribution in [3.05, 3.63) is 64.2 Å². The van der Waals surface area contributed by atoms with Crippen molar-refractivity contribution in [2.75, 3.05) is 7.11 Å². The van der Waals surface area contributed by atoms with Crippen molar-refractivity contribution in [3.8, 4) is 11.8 Å². The number of ether oxygens (including phenoxy) is 1. The molecular formula is C16H13ClN2O2. The minimum atomic E-state index is -0.235. The first-order chi connectivity index (χ1) is 10.2. The molecule has 0 aliphatic heterocycles. The number of methoxy groups -OCH3 is 1. The number of carbonyl (C=O) groups is 1. The molecule has 5 heteroatoms. The Labute approximate surface area is 127 Å². The molecule has 1 amide bonds. The van der Waals surface area contributed by atoms with E-state index in [9.17, 15) is 4.79 Å². The summed E-state index contributed by atoms with van der Waals surface area (Å²) in [4.78, 5) is 12.1. The van der Waals surface area contributed by atoms with Gasteiger partial charge < -0.3 is 10.1 Å². The molecule has 0 unspecified atom stereocenters. The molecule has 0 atom stereocenters. The first-order valence-corrected chi connectivity index (χ1v) is 6.63. The Morgan fingerprint density at radius 3 is 2.62 bits per heavy atom. The monoisotopic (exact) mass is 300 g/mol. The average molecular weight is 301 g/mol. The molecule has 21 heavy (non-hydrogen) atoms. The molecule has 0 heterocycles. The molecule has 0 saturated carbocycles. The number of halogens is 1. The van der Waals surface area contributed by atoms with Gasteiger partial charge in [0.25, 0.3) is 5.91 Å². The van der Waals surface area contributed by atoms with Crippen LogP contribution in [0.1, 0.15) is 21.5 Å². The van der Waals surface area contributed by atoms with Crippen LogP contribution in [-0.2, 0) is 6.54 Å². The molecule has 0 aromatic heterocycles. The summed E-state index contributed by atoms with van der Waals surface area (Å²) in [6, 6.07) is 13.7. The lowest BCUT2D eigenvalue weighted by molar-refractivity contribution is 0.0950. The molecule has 0 radical (unpaired) electrons. The largest absolute Gasteiger partial charge is 0.496 e. The topological polar surface area (TPSA) is 62.1 Å². The maximum atomic E-state index is 12.1. The summed E-state index contributed by atoms with van der Waals surface area (Å²) in [6.07, 6.45) is 0. The highest BCUT2D eigenvalue weighted by atomic mass is 35.5. The van der Waals surface area contributed by atoms with Crippen LogP contribution in [-0.4, -0.2) is 13.0 Å². The second kappa shape index (κ2) is 6.78. The zero-order chi connectivity index (χ0) is 15.2. The van der Waals surface area contributed by atoms with Gasteiger partial charge in [-0.3, -0.25) is 4.79 Å². The van der Waals surface area contributed by atoms with Gasteiger partial charge in [0.05, 0.1) is 18.7 Å². The lowest BCUT2D eigenvalue weighted by Gasteiger charge is -2.11. The SMILES string of the molecule is COc1cccc(Cl)c1CNC(=O)c1ccc(C#N)cc1. The Morgan fingerprint density at radius 1 is 1.29 bits per heavy atom. The van der Waals surface area contributed by atoms with E-state index in [0.29, 0.717) is 21.9 Å². The lowest BCUT2D eigenvalue weighted by atomic mass is 10.1. The second-order valence-corrected chi connectivity index (χ2v) is 4.70. The fourth-order valence-electron chi connectivity index (χ4n) is 1.87. The molecule has 2 aromatic rings. The summed E-state index contributed by atoms with van der Waals surface area (Å²) < 4.78 is 5.22. The van der Waals surface area contributed by atoms with Gasteiger partial charge in [-0.1, -0.05) is 17.7 Å². The number of hydrogen-bond acceptors (Lipinski definition) is 3. The lowest BCUT2D eigenvalue weighted by Crippen LogP contribution is -2.23. The van der Waals surface area contributed by atoms with Crippen molar-refractivity contribution in [3.63, 3.8) is 0 Å². The van der Waals surface area contributed by atoms with E-state index < -0.39 is 0 Å². The normalized spacial score (nSPS) is 9.76. The van der Waals surface area contributed by atoms with Gasteiger partial charge in [0.15, 0.2) is 0 Å². The van der Waals surface area contributed by atoms with Gasteiger partial charge in [0.2, 0.25) is 0 Å². The van der Waals surface area contributed by atoms with E-state index in [1.807, 2.05) is 6.07 Å². The molecule has 0 spiro atoms. The van der Waals surface area contributed by atoms with Crippen molar-refractivity contribution in [2.45, 2.75) is 6.54 Å². The average Bonchev–Trinajstić information content (AvgIpc) is 2.53. The van der Waals surface area contributed by atoms with E-state index in [2.05, 4.69) is 5.32 Å². The number of carbonyl (C=O) groups excluding carboxylic acids is 1. The van der Waals surface area contributed by atoms with Crippen LogP contribution in [0.2, 0.25) is 5.02 Å². The third-order valence-electron chi connectivity index (χ3n) is 3.00. The summed E-state index contributed by atoms with van der Waals surface area (Å²) in [5.74, 6) is 0.393. The van der Waals surface area contributed by atoms with Gasteiger partial charge in [-0.15, -0.1) is 0 Å². The molecule has 0 bridgehead atoms. The van der Waals surface area contributed by atoms with Gasteiger partial charge in [-0.2, -0.15) is 5.26 Å². The van der Waals surface area contributed by atoms with Crippen molar-refractivity contribution in [1.82, 2.24) is 5.32 Å². The molecule has 2 rings (SSSR count). The minimum Gasteiger partial charge on any atom is -0.496 e. The van der Waals surface area contributed by atoms with Gasteiger partial charge in [0.1, 0.15) is 5.75 Å². The highest BCUT2D eigenvalue weighted by Crippen LogP contribution is 2.25. The van der Waals surface area contributed by atoms with Crippen molar-refractivity contribution >= 4 is 17.5 Å². The molecule has 0 aliphatic carbocycles. The highest BCUT2D eigenvalue weighted by molar-refractivity contribution is 6.31. The zero-order valence-corrected chi connectivity index (χ0v) is 12.1. The van der Waals surface area contributed by atoms with Crippen molar-refractivity contribution < 1.29 is 9.53 Å². The van der Waals surface area contributed by atoms with Crippen LogP contribution < -0.4 is 10.1 Å². The van der Waals surface area contributed by atoms with Gasteiger partial charge in [-0.25, -0.2) is 0 Å². The number of benzene rings is 2. The number of nitrogens with one attached hydrogen (secondary N) is 1. The number of hydrogen-bond donors (Lipinski definition) is 1. The maximum absolute atomic E-state index is 12.1. The molecule has 4 nitrogen and oxygen atoms in total. The third-order valence-corrected chi connectivity index (χ3v) is 3.35. The molecule has 2 aromatic carbocycles. The van der Waals surface area contributed by atoms with Crippen molar-refractivity contribution in [1.29, 1.82) is 5.26 Å². The summed E-state index contributed by atoms with van der Waals surface area (Å²) >= 11 is 6.11. The van der Waals surface area contributed by atoms with Crippen LogP contribution >= 0.6 is 11.6 Å². The predicted octanol–water partition coefficient (Wildman–Crippen LogP) is 3.15. The summed E-state index contributed by atoms with van der Waals surface area (Å²) in [5, 5.41) is 12.0. The number of amides is 1. The molecule has 0 aliphatic rings. The van der Waals surface area contributed by atoms with E-state index >= 15 is 0 Å². The van der Waals surface area contributed by atoms with Crippen LogP contribution in [0.5, 0.6) is 5.75 Å². The number of rotatable bonds is 4. The fraction of sp³-hybridized carbons (Fsp3) is 0.125. The molecule has 0 fully saturated rings. The number of nitriles is 1. The van der Waals surface area contributed by atoms with E-state index in [-0.39, 0.29) is 12.5 Å². The van der Waals surface area contributed by atoms with E-state index in [1.54, 1.807) is 49.6 Å². The number of nitrogens with zero attached hydrogens (tertiary/aromatic N) is 1. The van der Waals surface area contributed by atoms with Crippen LogP contribution in [0, 0.1) is 11.3 Å². The van der Waals surface area contributed by atoms with E-state index in [4.69, 9.17) is 21.6 Å². The Morgan fingerprint density at radius 2 is 2.00 bits per heavy atom. The molecule has 0 saturated heterocycles. The highest BCUT2D eigenvalue weighted by Gasteiger charge is 2.10. The van der Waals surface area contributed by atoms with Crippen molar-refractivity contribution in [2.24, 2.45) is 0 Å². The molecule has 106 valence electrons. The smallest absolute Gasteiger partial charge is 0.251 e. The van der Waals surface area contributed by atoms with Gasteiger partial charge >= 0.3 is 0 Å². The van der Waals surface area contributed by atoms with Crippen LogP contribution in [0.15, 0.2) is 42.5 Å². The molecule has 1 N–H and O–H groups in total. The van der Waals surface area contributed by atoms with Crippen LogP contribution in [0.4, 0.5) is 0 Å². The van der Waals surface area contributed by atoms with Crippen LogP contribution in [0.3, 0.4) is 0 Å². The molecular weight excluding hydrogens is 288 g/mol. The summed E-state index contributed by atoms with van der Waals surface area (Å²) in [7, 11) is 1.55. The summed E-state index contributed by atoms with van der Waals surface area (Å²) in [6.45, 7) is 0.266.